The largest absolute Gasteiger partial charge is 0.348 e. The first-order valence-corrected chi connectivity index (χ1v) is 10.9. The Balaban J connectivity index is 1.46. The predicted octanol–water partition coefficient (Wildman–Crippen LogP) is 4.09. The maximum absolute atomic E-state index is 12.6. The fraction of sp³-hybridized carbons (Fsp3) is 0.280. The van der Waals surface area contributed by atoms with Gasteiger partial charge in [0.1, 0.15) is 12.1 Å². The lowest BCUT2D eigenvalue weighted by Gasteiger charge is -2.29. The minimum atomic E-state index is -0.107. The zero-order valence-corrected chi connectivity index (χ0v) is 18.0. The Labute approximate surface area is 187 Å². The molecule has 1 aliphatic rings. The van der Waals surface area contributed by atoms with Gasteiger partial charge in [0.15, 0.2) is 5.78 Å². The summed E-state index contributed by atoms with van der Waals surface area (Å²) in [6.45, 7) is 1.54. The number of anilines is 2. The van der Waals surface area contributed by atoms with Crippen LogP contribution in [0.25, 0.3) is 11.3 Å². The van der Waals surface area contributed by atoms with E-state index in [1.165, 1.54) is 6.33 Å². The number of carbonyl (C=O) groups excluding carboxylic acids is 2. The van der Waals surface area contributed by atoms with Crippen LogP contribution in [0.15, 0.2) is 60.9 Å². The van der Waals surface area contributed by atoms with Crippen LogP contribution in [0, 0.1) is 0 Å². The maximum atomic E-state index is 12.6. The van der Waals surface area contributed by atoms with Gasteiger partial charge in [-0.15, -0.1) is 0 Å². The highest BCUT2D eigenvalue weighted by molar-refractivity contribution is 6.00. The molecule has 4 rings (SSSR count). The average Bonchev–Trinajstić information content (AvgIpc) is 2.81. The second kappa shape index (κ2) is 9.70. The van der Waals surface area contributed by atoms with Gasteiger partial charge in [-0.25, -0.2) is 9.97 Å². The van der Waals surface area contributed by atoms with Gasteiger partial charge >= 0.3 is 0 Å². The summed E-state index contributed by atoms with van der Waals surface area (Å²) in [5, 5.41) is 6.29. The van der Waals surface area contributed by atoms with Gasteiger partial charge in [-0.2, -0.15) is 0 Å². The third-order valence-corrected chi connectivity index (χ3v) is 5.80. The molecule has 1 aromatic heterocycles. The van der Waals surface area contributed by atoms with E-state index in [-0.39, 0.29) is 23.8 Å². The van der Waals surface area contributed by atoms with Crippen molar-refractivity contribution < 1.29 is 9.59 Å². The Morgan fingerprint density at radius 2 is 1.75 bits per heavy atom. The van der Waals surface area contributed by atoms with Crippen LogP contribution < -0.4 is 16.4 Å². The molecule has 1 heterocycles. The number of aromatic nitrogens is 2. The van der Waals surface area contributed by atoms with Crippen LogP contribution >= 0.6 is 0 Å². The number of carbonyl (C=O) groups is 2. The number of hydrogen-bond acceptors (Lipinski definition) is 6. The molecule has 7 nitrogen and oxygen atoms in total. The molecule has 2 unspecified atom stereocenters. The number of rotatable bonds is 6. The van der Waals surface area contributed by atoms with Gasteiger partial charge in [0, 0.05) is 40.5 Å². The molecule has 1 saturated carbocycles. The number of amides is 1. The molecule has 164 valence electrons. The zero-order chi connectivity index (χ0) is 22.5. The SMILES string of the molecule is CC(=O)c1ccccc1-c1cc(Nc2ccc(C(=O)NC3CCCCC3N)cc2)ncn1. The number of nitrogens with two attached hydrogens (primary N) is 1. The molecule has 0 bridgehead atoms. The number of nitrogens with one attached hydrogen (secondary N) is 2. The highest BCUT2D eigenvalue weighted by Crippen LogP contribution is 2.25. The molecule has 0 radical (unpaired) electrons. The van der Waals surface area contributed by atoms with Crippen LogP contribution in [0.3, 0.4) is 0 Å². The van der Waals surface area contributed by atoms with Crippen LogP contribution in [0.4, 0.5) is 11.5 Å². The molecule has 7 heteroatoms. The topological polar surface area (TPSA) is 110 Å². The summed E-state index contributed by atoms with van der Waals surface area (Å²) in [5.41, 5.74) is 9.56. The molecule has 1 fully saturated rings. The molecule has 3 aromatic rings. The summed E-state index contributed by atoms with van der Waals surface area (Å²) in [5.74, 6) is 0.472. The molecule has 1 amide bonds. The number of Topliss-reactive ketones (excluding diaryl/α,β-unsaturated/α-hetero) is 1. The van der Waals surface area contributed by atoms with Crippen molar-refractivity contribution in [3.8, 4) is 11.3 Å². The molecule has 1 aliphatic carbocycles. The van der Waals surface area contributed by atoms with Crippen molar-refractivity contribution in [3.63, 3.8) is 0 Å². The predicted molar refractivity (Wildman–Crippen MR) is 125 cm³/mol. The highest BCUT2D eigenvalue weighted by Gasteiger charge is 2.23. The standard InChI is InChI=1S/C25H27N5O2/c1-16(31)19-6-2-3-7-20(19)23-14-24(28-15-27-23)29-18-12-10-17(11-13-18)25(32)30-22-9-5-4-8-21(22)26/h2-3,6-7,10-15,21-22H,4-5,8-9,26H2,1H3,(H,30,32)(H,27,28,29). The lowest BCUT2D eigenvalue weighted by atomic mass is 9.91. The smallest absolute Gasteiger partial charge is 0.251 e. The number of ketones is 1. The van der Waals surface area contributed by atoms with Crippen LogP contribution in [0.1, 0.15) is 53.3 Å². The van der Waals surface area contributed by atoms with Crippen LogP contribution in [-0.2, 0) is 0 Å². The maximum Gasteiger partial charge on any atom is 0.251 e. The minimum absolute atomic E-state index is 0.0169. The van der Waals surface area contributed by atoms with Crippen LogP contribution in [-0.4, -0.2) is 33.7 Å². The highest BCUT2D eigenvalue weighted by atomic mass is 16.1. The summed E-state index contributed by atoms with van der Waals surface area (Å²) in [6, 6.07) is 16.4. The molecule has 32 heavy (non-hydrogen) atoms. The van der Waals surface area contributed by atoms with E-state index in [1.807, 2.05) is 30.3 Å². The van der Waals surface area contributed by atoms with E-state index in [9.17, 15) is 9.59 Å². The molecule has 4 N–H and O–H groups in total. The van der Waals surface area contributed by atoms with Gasteiger partial charge in [0.2, 0.25) is 0 Å². The van der Waals surface area contributed by atoms with E-state index in [1.54, 1.807) is 31.2 Å². The first-order valence-electron chi connectivity index (χ1n) is 10.9. The molecule has 2 aromatic carbocycles. The van der Waals surface area contributed by atoms with Gasteiger partial charge < -0.3 is 16.4 Å². The van der Waals surface area contributed by atoms with Crippen molar-refractivity contribution in [1.29, 1.82) is 0 Å². The summed E-state index contributed by atoms with van der Waals surface area (Å²) >= 11 is 0. The second-order valence-electron chi connectivity index (χ2n) is 8.12. The third kappa shape index (κ3) is 5.00. The van der Waals surface area contributed by atoms with Gasteiger partial charge in [-0.05, 0) is 44.0 Å². The second-order valence-corrected chi connectivity index (χ2v) is 8.12. The van der Waals surface area contributed by atoms with E-state index in [0.717, 1.165) is 36.9 Å². The van der Waals surface area contributed by atoms with Crippen LogP contribution in [0.2, 0.25) is 0 Å². The van der Waals surface area contributed by atoms with Gasteiger partial charge in [-0.1, -0.05) is 37.1 Å². The summed E-state index contributed by atoms with van der Waals surface area (Å²) in [4.78, 5) is 33.1. The Hall–Kier alpha value is -3.58. The number of benzene rings is 2. The van der Waals surface area contributed by atoms with Crippen molar-refractivity contribution in [3.05, 3.63) is 72.1 Å². The molecule has 0 saturated heterocycles. The van der Waals surface area contributed by atoms with Crippen molar-refractivity contribution in [2.75, 3.05) is 5.32 Å². The average molecular weight is 430 g/mol. The minimum Gasteiger partial charge on any atom is -0.348 e. The van der Waals surface area contributed by atoms with Crippen LogP contribution in [0.5, 0.6) is 0 Å². The van der Waals surface area contributed by atoms with E-state index < -0.39 is 0 Å². The third-order valence-electron chi connectivity index (χ3n) is 5.80. The Kier molecular flexibility index (Phi) is 6.56. The number of nitrogens with zero attached hydrogens (tertiary/aromatic N) is 2. The molecule has 2 atom stereocenters. The van der Waals surface area contributed by atoms with Gasteiger partial charge in [0.05, 0.1) is 5.69 Å². The monoisotopic (exact) mass is 429 g/mol. The summed E-state index contributed by atoms with van der Waals surface area (Å²) in [7, 11) is 0. The molecule has 0 aliphatic heterocycles. The van der Waals surface area contributed by atoms with E-state index in [0.29, 0.717) is 22.6 Å². The lowest BCUT2D eigenvalue weighted by molar-refractivity contribution is 0.0920. The van der Waals surface area contributed by atoms with E-state index in [4.69, 9.17) is 5.73 Å². The quantitative estimate of drug-likeness (QED) is 0.509. The van der Waals surface area contributed by atoms with E-state index in [2.05, 4.69) is 20.6 Å². The molecular weight excluding hydrogens is 402 g/mol. The van der Waals surface area contributed by atoms with Crippen molar-refractivity contribution >= 4 is 23.2 Å². The first-order chi connectivity index (χ1) is 15.5. The Bertz CT molecular complexity index is 1110. The Morgan fingerprint density at radius 3 is 2.50 bits per heavy atom. The van der Waals surface area contributed by atoms with Crippen molar-refractivity contribution in [2.24, 2.45) is 5.73 Å². The lowest BCUT2D eigenvalue weighted by Crippen LogP contribution is -2.49. The van der Waals surface area contributed by atoms with Gasteiger partial charge in [0.25, 0.3) is 5.91 Å². The first kappa shape index (κ1) is 21.6. The molecular formula is C25H27N5O2. The summed E-state index contributed by atoms with van der Waals surface area (Å²) in [6.07, 6.45) is 5.56. The zero-order valence-electron chi connectivity index (χ0n) is 18.0. The van der Waals surface area contributed by atoms with Crippen molar-refractivity contribution in [1.82, 2.24) is 15.3 Å². The normalized spacial score (nSPS) is 18.1. The Morgan fingerprint density at radius 1 is 1.00 bits per heavy atom. The molecule has 0 spiro atoms. The number of hydrogen-bond donors (Lipinski definition) is 3. The fourth-order valence-corrected chi connectivity index (χ4v) is 4.03. The van der Waals surface area contributed by atoms with Gasteiger partial charge in [-0.3, -0.25) is 9.59 Å². The van der Waals surface area contributed by atoms with Crippen molar-refractivity contribution in [2.45, 2.75) is 44.7 Å². The summed E-state index contributed by atoms with van der Waals surface area (Å²) < 4.78 is 0. The van der Waals surface area contributed by atoms with E-state index >= 15 is 0 Å². The fourth-order valence-electron chi connectivity index (χ4n) is 4.03.